The summed E-state index contributed by atoms with van der Waals surface area (Å²) in [6.45, 7) is 6.96. The molecule has 0 spiro atoms. The van der Waals surface area contributed by atoms with Crippen molar-refractivity contribution < 1.29 is 4.79 Å². The first kappa shape index (κ1) is 12.8. The molecule has 0 bridgehead atoms. The molecule has 98 valence electrons. The van der Waals surface area contributed by atoms with Gasteiger partial charge in [0, 0.05) is 26.2 Å². The van der Waals surface area contributed by atoms with Gasteiger partial charge >= 0.3 is 0 Å². The summed E-state index contributed by atoms with van der Waals surface area (Å²) >= 11 is 0. The first-order valence-electron chi connectivity index (χ1n) is 6.91. The molecule has 0 radical (unpaired) electrons. The van der Waals surface area contributed by atoms with E-state index in [0.717, 1.165) is 58.4 Å². The Balaban J connectivity index is 2.01. The van der Waals surface area contributed by atoms with Crippen LogP contribution in [0.25, 0.3) is 0 Å². The summed E-state index contributed by atoms with van der Waals surface area (Å²) in [5.41, 5.74) is -0.231. The summed E-state index contributed by atoms with van der Waals surface area (Å²) < 4.78 is 0. The number of carbonyl (C=O) groups excluding carboxylic acids is 1. The van der Waals surface area contributed by atoms with Crippen LogP contribution < -0.4 is 5.32 Å². The van der Waals surface area contributed by atoms with E-state index in [2.05, 4.69) is 29.1 Å². The van der Waals surface area contributed by atoms with Crippen molar-refractivity contribution in [2.45, 2.75) is 38.1 Å². The summed E-state index contributed by atoms with van der Waals surface area (Å²) in [5, 5.41) is 3.47. The Morgan fingerprint density at radius 1 is 1.29 bits per heavy atom. The van der Waals surface area contributed by atoms with Gasteiger partial charge in [0.15, 0.2) is 0 Å². The van der Waals surface area contributed by atoms with Crippen LogP contribution in [0.4, 0.5) is 0 Å². The Labute approximate surface area is 104 Å². The minimum absolute atomic E-state index is 0.231. The van der Waals surface area contributed by atoms with Crippen molar-refractivity contribution >= 4 is 5.91 Å². The van der Waals surface area contributed by atoms with Crippen molar-refractivity contribution in [2.24, 2.45) is 0 Å². The smallest absolute Gasteiger partial charge is 0.242 e. The van der Waals surface area contributed by atoms with E-state index in [1.807, 2.05) is 0 Å². The largest absolute Gasteiger partial charge is 0.339 e. The molecule has 2 heterocycles. The maximum absolute atomic E-state index is 12.7. The van der Waals surface area contributed by atoms with Crippen molar-refractivity contribution in [3.05, 3.63) is 0 Å². The summed E-state index contributed by atoms with van der Waals surface area (Å²) in [7, 11) is 2.12. The molecule has 1 atom stereocenters. The van der Waals surface area contributed by atoms with Gasteiger partial charge in [-0.25, -0.2) is 0 Å². The topological polar surface area (TPSA) is 35.6 Å². The van der Waals surface area contributed by atoms with Gasteiger partial charge in [-0.1, -0.05) is 13.3 Å². The van der Waals surface area contributed by atoms with Crippen molar-refractivity contribution in [2.75, 3.05) is 39.8 Å². The zero-order valence-corrected chi connectivity index (χ0v) is 11.2. The first-order valence-corrected chi connectivity index (χ1v) is 6.91. The molecule has 0 aromatic heterocycles. The van der Waals surface area contributed by atoms with Crippen LogP contribution in [0.15, 0.2) is 0 Å². The first-order chi connectivity index (χ1) is 8.18. The number of carbonyl (C=O) groups is 1. The van der Waals surface area contributed by atoms with Gasteiger partial charge < -0.3 is 15.1 Å². The number of nitrogens with one attached hydrogen (secondary N) is 1. The average molecular weight is 239 g/mol. The van der Waals surface area contributed by atoms with Gasteiger partial charge in [-0.3, -0.25) is 4.79 Å². The van der Waals surface area contributed by atoms with Crippen molar-refractivity contribution in [3.63, 3.8) is 0 Å². The molecule has 2 rings (SSSR count). The van der Waals surface area contributed by atoms with E-state index in [4.69, 9.17) is 0 Å². The molecule has 0 aromatic rings. The standard InChI is InChI=1S/C13H25N3O/c1-3-5-13(6-4-7-14-13)12(17)16-10-8-15(2)9-11-16/h14H,3-11H2,1-2H3. The lowest BCUT2D eigenvalue weighted by molar-refractivity contribution is -0.139. The molecule has 2 saturated heterocycles. The minimum Gasteiger partial charge on any atom is -0.339 e. The lowest BCUT2D eigenvalue weighted by atomic mass is 9.90. The van der Waals surface area contributed by atoms with Crippen LogP contribution in [0.1, 0.15) is 32.6 Å². The van der Waals surface area contributed by atoms with Crippen LogP contribution in [-0.2, 0) is 4.79 Å². The molecule has 2 aliphatic heterocycles. The molecule has 1 amide bonds. The highest BCUT2D eigenvalue weighted by atomic mass is 16.2. The fourth-order valence-electron chi connectivity index (χ4n) is 3.05. The SMILES string of the molecule is CCCC1(C(=O)N2CCN(C)CC2)CCCN1. The number of amides is 1. The molecule has 2 fully saturated rings. The third-order valence-corrected chi connectivity index (χ3v) is 4.12. The lowest BCUT2D eigenvalue weighted by Gasteiger charge is -2.38. The van der Waals surface area contributed by atoms with E-state index in [1.54, 1.807) is 0 Å². The van der Waals surface area contributed by atoms with Gasteiger partial charge in [0.05, 0.1) is 5.54 Å². The van der Waals surface area contributed by atoms with Crippen LogP contribution in [0, 0.1) is 0 Å². The quantitative estimate of drug-likeness (QED) is 0.787. The molecule has 4 heteroatoms. The Kier molecular flexibility index (Phi) is 4.05. The van der Waals surface area contributed by atoms with Crippen molar-refractivity contribution in [1.29, 1.82) is 0 Å². The second-order valence-corrected chi connectivity index (χ2v) is 5.46. The highest BCUT2D eigenvalue weighted by Gasteiger charge is 2.42. The van der Waals surface area contributed by atoms with Crippen LogP contribution in [-0.4, -0.2) is 61.0 Å². The van der Waals surface area contributed by atoms with Crippen LogP contribution >= 0.6 is 0 Å². The number of hydrogen-bond acceptors (Lipinski definition) is 3. The van der Waals surface area contributed by atoms with Gasteiger partial charge in [-0.05, 0) is 32.9 Å². The second kappa shape index (κ2) is 5.36. The lowest BCUT2D eigenvalue weighted by Crippen LogP contribution is -2.58. The third kappa shape index (κ3) is 2.63. The summed E-state index contributed by atoms with van der Waals surface area (Å²) in [6, 6.07) is 0. The van der Waals surface area contributed by atoms with E-state index < -0.39 is 0 Å². The maximum Gasteiger partial charge on any atom is 0.242 e. The molecule has 0 aromatic carbocycles. The number of piperazine rings is 1. The monoisotopic (exact) mass is 239 g/mol. The van der Waals surface area contributed by atoms with E-state index >= 15 is 0 Å². The number of nitrogens with zero attached hydrogens (tertiary/aromatic N) is 2. The van der Waals surface area contributed by atoms with E-state index in [0.29, 0.717) is 5.91 Å². The van der Waals surface area contributed by atoms with Gasteiger partial charge in [0.2, 0.25) is 5.91 Å². The molecule has 4 nitrogen and oxygen atoms in total. The molecule has 17 heavy (non-hydrogen) atoms. The molecule has 1 unspecified atom stereocenters. The second-order valence-electron chi connectivity index (χ2n) is 5.46. The molecule has 0 saturated carbocycles. The van der Waals surface area contributed by atoms with Crippen LogP contribution in [0.2, 0.25) is 0 Å². The Bertz CT molecular complexity index is 266. The fourth-order valence-corrected chi connectivity index (χ4v) is 3.05. The highest BCUT2D eigenvalue weighted by Crippen LogP contribution is 2.27. The number of rotatable bonds is 3. The predicted octanol–water partition coefficient (Wildman–Crippen LogP) is 0.683. The highest BCUT2D eigenvalue weighted by molar-refractivity contribution is 5.86. The van der Waals surface area contributed by atoms with Gasteiger partial charge in [0.1, 0.15) is 0 Å². The number of hydrogen-bond donors (Lipinski definition) is 1. The Morgan fingerprint density at radius 2 is 2.00 bits per heavy atom. The molecular weight excluding hydrogens is 214 g/mol. The zero-order valence-electron chi connectivity index (χ0n) is 11.2. The fraction of sp³-hybridized carbons (Fsp3) is 0.923. The molecular formula is C13H25N3O. The number of likely N-dealkylation sites (N-methyl/N-ethyl adjacent to an activating group) is 1. The van der Waals surface area contributed by atoms with E-state index in [-0.39, 0.29) is 5.54 Å². The van der Waals surface area contributed by atoms with Crippen LogP contribution in [0.5, 0.6) is 0 Å². The zero-order chi connectivity index (χ0) is 12.3. The Morgan fingerprint density at radius 3 is 2.53 bits per heavy atom. The van der Waals surface area contributed by atoms with Gasteiger partial charge in [-0.15, -0.1) is 0 Å². The minimum atomic E-state index is -0.231. The van der Waals surface area contributed by atoms with Crippen molar-refractivity contribution in [1.82, 2.24) is 15.1 Å². The summed E-state index contributed by atoms with van der Waals surface area (Å²) in [4.78, 5) is 17.0. The van der Waals surface area contributed by atoms with Gasteiger partial charge in [-0.2, -0.15) is 0 Å². The molecule has 0 aliphatic carbocycles. The van der Waals surface area contributed by atoms with E-state index in [9.17, 15) is 4.79 Å². The normalized spacial score (nSPS) is 30.8. The predicted molar refractivity (Wildman–Crippen MR) is 69.0 cm³/mol. The summed E-state index contributed by atoms with van der Waals surface area (Å²) in [5.74, 6) is 0.352. The van der Waals surface area contributed by atoms with Crippen molar-refractivity contribution in [3.8, 4) is 0 Å². The Hall–Kier alpha value is -0.610. The molecule has 2 aliphatic rings. The third-order valence-electron chi connectivity index (χ3n) is 4.12. The van der Waals surface area contributed by atoms with Crippen LogP contribution in [0.3, 0.4) is 0 Å². The average Bonchev–Trinajstić information content (AvgIpc) is 2.79. The maximum atomic E-state index is 12.7. The summed E-state index contributed by atoms with van der Waals surface area (Å²) in [6.07, 6.45) is 4.22. The van der Waals surface area contributed by atoms with E-state index in [1.165, 1.54) is 0 Å². The van der Waals surface area contributed by atoms with Gasteiger partial charge in [0.25, 0.3) is 0 Å². The molecule has 1 N–H and O–H groups in total.